The van der Waals surface area contributed by atoms with Gasteiger partial charge in [-0.15, -0.1) is 0 Å². The molecule has 0 saturated carbocycles. The Morgan fingerprint density at radius 3 is 2.95 bits per heavy atom. The fourth-order valence-corrected chi connectivity index (χ4v) is 2.54. The van der Waals surface area contributed by atoms with Crippen molar-refractivity contribution < 1.29 is 5.11 Å². The minimum absolute atomic E-state index is 0.539. The number of nitrogens with zero attached hydrogens (tertiary/aromatic N) is 3. The topological polar surface area (TPSA) is 50.4 Å². The summed E-state index contributed by atoms with van der Waals surface area (Å²) < 4.78 is 2.72. The Labute approximate surface area is 118 Å². The molecule has 1 aromatic carbocycles. The standard InChI is InChI=1S/C14H12BrN3O/c15-12-4-2-1-3-10(12)7-14(19)11-8-17-18-6-5-16-9-13(11)18/h1-6,8-9,14,19H,7H2. The van der Waals surface area contributed by atoms with E-state index >= 15 is 0 Å². The fourth-order valence-electron chi connectivity index (χ4n) is 2.09. The maximum atomic E-state index is 10.4. The highest BCUT2D eigenvalue weighted by Crippen LogP contribution is 2.25. The van der Waals surface area contributed by atoms with Gasteiger partial charge < -0.3 is 5.11 Å². The average molecular weight is 318 g/mol. The highest BCUT2D eigenvalue weighted by Gasteiger charge is 2.15. The molecule has 19 heavy (non-hydrogen) atoms. The number of hydrogen-bond donors (Lipinski definition) is 1. The van der Waals surface area contributed by atoms with Crippen LogP contribution in [-0.2, 0) is 6.42 Å². The summed E-state index contributed by atoms with van der Waals surface area (Å²) in [6.07, 6.45) is 6.79. The Morgan fingerprint density at radius 1 is 1.26 bits per heavy atom. The SMILES string of the molecule is OC(Cc1ccccc1Br)c1cnn2ccncc12. The average Bonchev–Trinajstić information content (AvgIpc) is 2.85. The zero-order valence-corrected chi connectivity index (χ0v) is 11.7. The maximum Gasteiger partial charge on any atom is 0.0903 e. The van der Waals surface area contributed by atoms with Crippen molar-refractivity contribution in [2.75, 3.05) is 0 Å². The van der Waals surface area contributed by atoms with Gasteiger partial charge in [0.25, 0.3) is 0 Å². The summed E-state index contributed by atoms with van der Waals surface area (Å²) in [4.78, 5) is 4.07. The van der Waals surface area contributed by atoms with Gasteiger partial charge in [-0.2, -0.15) is 5.10 Å². The molecule has 1 unspecified atom stereocenters. The van der Waals surface area contributed by atoms with Gasteiger partial charge in [-0.1, -0.05) is 34.1 Å². The number of aromatic nitrogens is 3. The molecule has 0 fully saturated rings. The second-order valence-corrected chi connectivity index (χ2v) is 5.17. The van der Waals surface area contributed by atoms with E-state index in [1.54, 1.807) is 29.3 Å². The Hall–Kier alpha value is -1.72. The van der Waals surface area contributed by atoms with Crippen LogP contribution in [0.2, 0.25) is 0 Å². The molecule has 3 rings (SSSR count). The summed E-state index contributed by atoms with van der Waals surface area (Å²) in [5, 5.41) is 14.6. The molecule has 0 spiro atoms. The lowest BCUT2D eigenvalue weighted by atomic mass is 10.0. The first-order valence-electron chi connectivity index (χ1n) is 5.94. The van der Waals surface area contributed by atoms with Gasteiger partial charge in [0.15, 0.2) is 0 Å². The van der Waals surface area contributed by atoms with Crippen molar-refractivity contribution in [3.8, 4) is 0 Å². The van der Waals surface area contributed by atoms with Crippen molar-refractivity contribution in [1.29, 1.82) is 0 Å². The monoisotopic (exact) mass is 317 g/mol. The number of halogens is 1. The van der Waals surface area contributed by atoms with Crippen LogP contribution in [0.1, 0.15) is 17.2 Å². The first kappa shape index (κ1) is 12.3. The summed E-state index contributed by atoms with van der Waals surface area (Å²) >= 11 is 3.49. The molecule has 0 aliphatic rings. The largest absolute Gasteiger partial charge is 0.388 e. The lowest BCUT2D eigenvalue weighted by molar-refractivity contribution is 0.179. The first-order chi connectivity index (χ1) is 9.25. The molecule has 0 saturated heterocycles. The molecule has 0 bridgehead atoms. The second kappa shape index (κ2) is 5.11. The number of aliphatic hydroxyl groups is 1. The van der Waals surface area contributed by atoms with Crippen LogP contribution < -0.4 is 0 Å². The van der Waals surface area contributed by atoms with Gasteiger partial charge >= 0.3 is 0 Å². The number of rotatable bonds is 3. The lowest BCUT2D eigenvalue weighted by Gasteiger charge is -2.10. The van der Waals surface area contributed by atoms with E-state index < -0.39 is 6.10 Å². The number of benzene rings is 1. The molecule has 2 aromatic heterocycles. The number of hydrogen-bond acceptors (Lipinski definition) is 3. The smallest absolute Gasteiger partial charge is 0.0903 e. The van der Waals surface area contributed by atoms with E-state index in [1.165, 1.54) is 0 Å². The van der Waals surface area contributed by atoms with E-state index in [2.05, 4.69) is 26.0 Å². The Kier molecular flexibility index (Phi) is 3.31. The predicted octanol–water partition coefficient (Wildman–Crippen LogP) is 2.77. The van der Waals surface area contributed by atoms with Crippen LogP contribution in [0.15, 0.2) is 53.5 Å². The summed E-state index contributed by atoms with van der Waals surface area (Å²) in [6, 6.07) is 7.89. The van der Waals surface area contributed by atoms with E-state index in [1.807, 2.05) is 24.3 Å². The maximum absolute atomic E-state index is 10.4. The zero-order chi connectivity index (χ0) is 13.2. The van der Waals surface area contributed by atoms with Gasteiger partial charge in [0.2, 0.25) is 0 Å². The van der Waals surface area contributed by atoms with Crippen molar-refractivity contribution in [2.45, 2.75) is 12.5 Å². The molecule has 3 aromatic rings. The third-order valence-electron chi connectivity index (χ3n) is 3.08. The lowest BCUT2D eigenvalue weighted by Crippen LogP contribution is -2.02. The van der Waals surface area contributed by atoms with Crippen LogP contribution in [0.5, 0.6) is 0 Å². The summed E-state index contributed by atoms with van der Waals surface area (Å²) in [5.41, 5.74) is 2.70. The minimum atomic E-state index is -0.597. The Balaban J connectivity index is 1.92. The predicted molar refractivity (Wildman–Crippen MR) is 75.8 cm³/mol. The second-order valence-electron chi connectivity index (χ2n) is 4.32. The molecule has 0 aliphatic heterocycles. The Morgan fingerprint density at radius 2 is 2.11 bits per heavy atom. The molecular formula is C14H12BrN3O. The van der Waals surface area contributed by atoms with E-state index in [0.717, 1.165) is 21.1 Å². The van der Waals surface area contributed by atoms with Gasteiger partial charge in [-0.3, -0.25) is 4.98 Å². The molecule has 1 N–H and O–H groups in total. The molecule has 96 valence electrons. The zero-order valence-electron chi connectivity index (χ0n) is 10.1. The molecule has 1 atom stereocenters. The Bertz CT molecular complexity index is 710. The van der Waals surface area contributed by atoms with Crippen LogP contribution in [-0.4, -0.2) is 19.7 Å². The van der Waals surface area contributed by atoms with Gasteiger partial charge in [-0.05, 0) is 11.6 Å². The third kappa shape index (κ3) is 2.39. The van der Waals surface area contributed by atoms with Crippen molar-refractivity contribution in [3.63, 3.8) is 0 Å². The molecular weight excluding hydrogens is 306 g/mol. The fraction of sp³-hybridized carbons (Fsp3) is 0.143. The molecule has 0 aliphatic carbocycles. The van der Waals surface area contributed by atoms with Crippen molar-refractivity contribution in [2.24, 2.45) is 0 Å². The van der Waals surface area contributed by atoms with E-state index in [-0.39, 0.29) is 0 Å². The quantitative estimate of drug-likeness (QED) is 0.808. The van der Waals surface area contributed by atoms with E-state index in [4.69, 9.17) is 0 Å². The van der Waals surface area contributed by atoms with E-state index in [9.17, 15) is 5.11 Å². The summed E-state index contributed by atoms with van der Waals surface area (Å²) in [7, 11) is 0. The van der Waals surface area contributed by atoms with Gasteiger partial charge in [-0.25, -0.2) is 4.52 Å². The third-order valence-corrected chi connectivity index (χ3v) is 3.86. The summed E-state index contributed by atoms with van der Waals surface area (Å²) in [5.74, 6) is 0. The highest BCUT2D eigenvalue weighted by molar-refractivity contribution is 9.10. The van der Waals surface area contributed by atoms with Crippen molar-refractivity contribution in [1.82, 2.24) is 14.6 Å². The van der Waals surface area contributed by atoms with Gasteiger partial charge in [0, 0.05) is 28.9 Å². The molecule has 0 radical (unpaired) electrons. The number of fused-ring (bicyclic) bond motifs is 1. The van der Waals surface area contributed by atoms with Gasteiger partial charge in [0.1, 0.15) is 0 Å². The van der Waals surface area contributed by atoms with E-state index in [0.29, 0.717) is 6.42 Å². The molecule has 0 amide bonds. The highest BCUT2D eigenvalue weighted by atomic mass is 79.9. The van der Waals surface area contributed by atoms with Crippen LogP contribution in [0, 0.1) is 0 Å². The number of aliphatic hydroxyl groups excluding tert-OH is 1. The molecule has 4 nitrogen and oxygen atoms in total. The van der Waals surface area contributed by atoms with Crippen LogP contribution in [0.3, 0.4) is 0 Å². The van der Waals surface area contributed by atoms with Crippen molar-refractivity contribution in [3.05, 3.63) is 64.7 Å². The van der Waals surface area contributed by atoms with Crippen LogP contribution >= 0.6 is 15.9 Å². The first-order valence-corrected chi connectivity index (χ1v) is 6.74. The summed E-state index contributed by atoms with van der Waals surface area (Å²) in [6.45, 7) is 0. The molecule has 2 heterocycles. The van der Waals surface area contributed by atoms with Crippen molar-refractivity contribution >= 4 is 21.4 Å². The minimum Gasteiger partial charge on any atom is -0.388 e. The van der Waals surface area contributed by atoms with Crippen LogP contribution in [0.4, 0.5) is 0 Å². The normalized spacial score (nSPS) is 12.7. The van der Waals surface area contributed by atoms with Gasteiger partial charge in [0.05, 0.1) is 24.0 Å². The van der Waals surface area contributed by atoms with Crippen LogP contribution in [0.25, 0.3) is 5.52 Å². The molecule has 5 heteroatoms.